The van der Waals surface area contributed by atoms with Crippen LogP contribution in [0, 0.1) is 5.92 Å². The molecule has 19 heavy (non-hydrogen) atoms. The Morgan fingerprint density at radius 2 is 2.00 bits per heavy atom. The number of carboxylic acids is 1. The van der Waals surface area contributed by atoms with Gasteiger partial charge in [0.05, 0.1) is 24.5 Å². The Morgan fingerprint density at radius 3 is 2.53 bits per heavy atom. The molecule has 0 saturated heterocycles. The second kappa shape index (κ2) is 7.45. The van der Waals surface area contributed by atoms with Crippen molar-refractivity contribution in [2.24, 2.45) is 5.92 Å². The van der Waals surface area contributed by atoms with Crippen molar-refractivity contribution in [3.63, 3.8) is 0 Å². The van der Waals surface area contributed by atoms with Crippen LogP contribution in [0.15, 0.2) is 0 Å². The number of aliphatic hydroxyl groups is 1. The van der Waals surface area contributed by atoms with Crippen LogP contribution in [0.4, 0.5) is 0 Å². The minimum absolute atomic E-state index is 0.253. The monoisotopic (exact) mass is 273 g/mol. The molecule has 0 aromatic heterocycles. The van der Waals surface area contributed by atoms with E-state index in [0.717, 1.165) is 0 Å². The van der Waals surface area contributed by atoms with Gasteiger partial charge in [-0.3, -0.25) is 9.59 Å². The van der Waals surface area contributed by atoms with E-state index in [2.05, 4.69) is 5.32 Å². The zero-order valence-corrected chi connectivity index (χ0v) is 11.4. The van der Waals surface area contributed by atoms with Gasteiger partial charge in [-0.15, -0.1) is 0 Å². The van der Waals surface area contributed by atoms with Crippen molar-refractivity contribution in [2.75, 3.05) is 19.7 Å². The van der Waals surface area contributed by atoms with Gasteiger partial charge in [-0.2, -0.15) is 0 Å². The van der Waals surface area contributed by atoms with Crippen molar-refractivity contribution in [2.45, 2.75) is 44.6 Å². The summed E-state index contributed by atoms with van der Waals surface area (Å²) in [6.07, 6.45) is 2.26. The second-order valence-electron chi connectivity index (χ2n) is 5.07. The maximum absolute atomic E-state index is 11.1. The molecule has 0 bridgehead atoms. The van der Waals surface area contributed by atoms with Gasteiger partial charge in [-0.05, 0) is 32.6 Å². The first-order valence-corrected chi connectivity index (χ1v) is 6.78. The zero-order valence-electron chi connectivity index (χ0n) is 11.4. The molecule has 0 aromatic carbocycles. The number of rotatable bonds is 7. The third kappa shape index (κ3) is 5.57. The molecule has 0 spiro atoms. The molecule has 6 nitrogen and oxygen atoms in total. The fourth-order valence-electron chi connectivity index (χ4n) is 2.32. The summed E-state index contributed by atoms with van der Waals surface area (Å²) < 4.78 is 4.79. The maximum Gasteiger partial charge on any atom is 0.307 e. The van der Waals surface area contributed by atoms with E-state index in [1.807, 2.05) is 0 Å². The van der Waals surface area contributed by atoms with Crippen LogP contribution >= 0.6 is 0 Å². The molecule has 0 aliphatic heterocycles. The van der Waals surface area contributed by atoms with Gasteiger partial charge in [0, 0.05) is 13.1 Å². The normalized spacial score (nSPS) is 26.9. The van der Waals surface area contributed by atoms with E-state index < -0.39 is 11.6 Å². The van der Waals surface area contributed by atoms with Crippen LogP contribution < -0.4 is 5.32 Å². The largest absolute Gasteiger partial charge is 0.481 e. The lowest BCUT2D eigenvalue weighted by Gasteiger charge is -2.34. The van der Waals surface area contributed by atoms with E-state index in [1.165, 1.54) is 0 Å². The molecule has 1 fully saturated rings. The maximum atomic E-state index is 11.1. The van der Waals surface area contributed by atoms with Crippen LogP contribution in [0.5, 0.6) is 0 Å². The minimum Gasteiger partial charge on any atom is -0.481 e. The lowest BCUT2D eigenvalue weighted by molar-refractivity contribution is -0.145. The molecule has 1 aliphatic rings. The second-order valence-corrected chi connectivity index (χ2v) is 5.07. The Labute approximate surface area is 113 Å². The minimum atomic E-state index is -0.847. The summed E-state index contributed by atoms with van der Waals surface area (Å²) >= 11 is 0. The number of ether oxygens (including phenoxy) is 1. The quantitative estimate of drug-likeness (QED) is 0.463. The van der Waals surface area contributed by atoms with E-state index in [-0.39, 0.29) is 18.3 Å². The number of nitrogens with one attached hydrogen (secondary N) is 1. The molecule has 0 unspecified atom stereocenters. The number of hydrogen-bond acceptors (Lipinski definition) is 5. The summed E-state index contributed by atoms with van der Waals surface area (Å²) in [5.74, 6) is -1.37. The van der Waals surface area contributed by atoms with Crippen LogP contribution in [0.3, 0.4) is 0 Å². The highest BCUT2D eigenvalue weighted by molar-refractivity contribution is 5.70. The van der Waals surface area contributed by atoms with Crippen molar-refractivity contribution in [1.82, 2.24) is 5.32 Å². The van der Waals surface area contributed by atoms with Gasteiger partial charge in [0.15, 0.2) is 0 Å². The van der Waals surface area contributed by atoms with E-state index >= 15 is 0 Å². The molecule has 0 heterocycles. The van der Waals surface area contributed by atoms with Crippen LogP contribution in [0.1, 0.15) is 39.0 Å². The predicted molar refractivity (Wildman–Crippen MR) is 68.7 cm³/mol. The Morgan fingerprint density at radius 1 is 1.37 bits per heavy atom. The first kappa shape index (κ1) is 15.9. The molecular weight excluding hydrogens is 250 g/mol. The Balaban J connectivity index is 2.19. The summed E-state index contributed by atoms with van der Waals surface area (Å²) in [5, 5.41) is 22.2. The van der Waals surface area contributed by atoms with Gasteiger partial charge < -0.3 is 20.3 Å². The van der Waals surface area contributed by atoms with E-state index in [0.29, 0.717) is 45.4 Å². The van der Waals surface area contributed by atoms with Gasteiger partial charge in [0.2, 0.25) is 0 Å². The van der Waals surface area contributed by atoms with Crippen molar-refractivity contribution >= 4 is 11.9 Å². The van der Waals surface area contributed by atoms with E-state index in [4.69, 9.17) is 9.84 Å². The summed E-state index contributed by atoms with van der Waals surface area (Å²) in [6.45, 7) is 2.98. The third-order valence-electron chi connectivity index (χ3n) is 3.53. The highest BCUT2D eigenvalue weighted by atomic mass is 16.5. The third-order valence-corrected chi connectivity index (χ3v) is 3.53. The van der Waals surface area contributed by atoms with Gasteiger partial charge in [-0.25, -0.2) is 0 Å². The Bertz CT molecular complexity index is 310. The van der Waals surface area contributed by atoms with Gasteiger partial charge in [-0.1, -0.05) is 0 Å². The smallest absolute Gasteiger partial charge is 0.307 e. The molecule has 1 rings (SSSR count). The van der Waals surface area contributed by atoms with Gasteiger partial charge in [0.25, 0.3) is 0 Å². The number of carbonyl (C=O) groups excluding carboxylic acids is 1. The number of hydrogen-bond donors (Lipinski definition) is 3. The molecule has 1 saturated carbocycles. The average molecular weight is 273 g/mol. The SMILES string of the molecule is CCOC(=O)CCNCC1(O)CCC(C(=O)O)CC1. The van der Waals surface area contributed by atoms with Crippen molar-refractivity contribution < 1.29 is 24.5 Å². The predicted octanol–water partition coefficient (Wildman–Crippen LogP) is 0.535. The molecule has 0 amide bonds. The van der Waals surface area contributed by atoms with Crippen molar-refractivity contribution in [1.29, 1.82) is 0 Å². The first-order valence-electron chi connectivity index (χ1n) is 6.78. The first-order chi connectivity index (χ1) is 8.97. The van der Waals surface area contributed by atoms with E-state index in [9.17, 15) is 14.7 Å². The summed E-state index contributed by atoms with van der Waals surface area (Å²) in [5.41, 5.74) is -0.847. The van der Waals surface area contributed by atoms with Crippen LogP contribution in [-0.2, 0) is 14.3 Å². The average Bonchev–Trinajstić information content (AvgIpc) is 2.36. The molecule has 1 aliphatic carbocycles. The number of esters is 1. The number of carboxylic acid groups (broad SMARTS) is 1. The molecular formula is C13H23NO5. The topological polar surface area (TPSA) is 95.9 Å². The summed E-state index contributed by atoms with van der Waals surface area (Å²) in [6, 6.07) is 0. The molecule has 0 aromatic rings. The van der Waals surface area contributed by atoms with Crippen molar-refractivity contribution in [3.8, 4) is 0 Å². The van der Waals surface area contributed by atoms with Crippen LogP contribution in [0.2, 0.25) is 0 Å². The lowest BCUT2D eigenvalue weighted by atomic mass is 9.79. The molecule has 0 radical (unpaired) electrons. The molecule has 0 atom stereocenters. The van der Waals surface area contributed by atoms with E-state index in [1.54, 1.807) is 6.92 Å². The van der Waals surface area contributed by atoms with Gasteiger partial charge in [0.1, 0.15) is 0 Å². The highest BCUT2D eigenvalue weighted by Gasteiger charge is 2.35. The Hall–Kier alpha value is -1.14. The Kier molecular flexibility index (Phi) is 6.24. The highest BCUT2D eigenvalue weighted by Crippen LogP contribution is 2.31. The standard InChI is InChI=1S/C13H23NO5/c1-2-19-11(15)5-8-14-9-13(18)6-3-10(4-7-13)12(16)17/h10,14,18H,2-9H2,1H3,(H,16,17). The van der Waals surface area contributed by atoms with Gasteiger partial charge >= 0.3 is 11.9 Å². The molecule has 6 heteroatoms. The zero-order chi connectivity index (χ0) is 14.3. The summed E-state index contributed by atoms with van der Waals surface area (Å²) in [4.78, 5) is 21.9. The number of aliphatic carboxylic acids is 1. The van der Waals surface area contributed by atoms with Crippen molar-refractivity contribution in [3.05, 3.63) is 0 Å². The molecule has 3 N–H and O–H groups in total. The fourth-order valence-corrected chi connectivity index (χ4v) is 2.32. The fraction of sp³-hybridized carbons (Fsp3) is 0.846. The molecule has 110 valence electrons. The lowest BCUT2D eigenvalue weighted by Crippen LogP contribution is -2.44. The summed E-state index contributed by atoms with van der Waals surface area (Å²) in [7, 11) is 0. The van der Waals surface area contributed by atoms with Crippen LogP contribution in [-0.4, -0.2) is 47.4 Å². The number of carbonyl (C=O) groups is 2. The van der Waals surface area contributed by atoms with Crippen LogP contribution in [0.25, 0.3) is 0 Å².